The standard InChI is InChI=1S/C21H21N5O2S/c27-19(13-17-15-29-20(24-17)18-14-22-7-8-23-18)25-9-4-10-26(12-11-25)21(28)16-5-2-1-3-6-16/h1-3,5-8,14-15H,4,9-13H2. The van der Waals surface area contributed by atoms with Crippen LogP contribution in [0.25, 0.3) is 10.7 Å². The lowest BCUT2D eigenvalue weighted by molar-refractivity contribution is -0.130. The van der Waals surface area contributed by atoms with Gasteiger partial charge in [0.1, 0.15) is 10.7 Å². The first-order valence-corrected chi connectivity index (χ1v) is 10.4. The Balaban J connectivity index is 1.35. The van der Waals surface area contributed by atoms with E-state index in [-0.39, 0.29) is 18.2 Å². The van der Waals surface area contributed by atoms with Gasteiger partial charge in [-0.2, -0.15) is 0 Å². The van der Waals surface area contributed by atoms with E-state index in [2.05, 4.69) is 15.0 Å². The zero-order chi connectivity index (χ0) is 20.1. The average molecular weight is 407 g/mol. The average Bonchev–Trinajstić information content (AvgIpc) is 3.09. The second kappa shape index (κ2) is 8.91. The van der Waals surface area contributed by atoms with Crippen LogP contribution >= 0.6 is 11.3 Å². The van der Waals surface area contributed by atoms with Crippen LogP contribution in [0, 0.1) is 0 Å². The zero-order valence-electron chi connectivity index (χ0n) is 15.9. The molecule has 0 bridgehead atoms. The summed E-state index contributed by atoms with van der Waals surface area (Å²) in [5.74, 6) is 0.0584. The van der Waals surface area contributed by atoms with Gasteiger partial charge in [0.2, 0.25) is 5.91 Å². The molecule has 148 valence electrons. The maximum absolute atomic E-state index is 12.8. The normalized spacial score (nSPS) is 14.5. The predicted molar refractivity (Wildman–Crippen MR) is 110 cm³/mol. The largest absolute Gasteiger partial charge is 0.341 e. The number of amides is 2. The van der Waals surface area contributed by atoms with E-state index >= 15 is 0 Å². The second-order valence-electron chi connectivity index (χ2n) is 6.80. The molecule has 4 rings (SSSR count). The van der Waals surface area contributed by atoms with Gasteiger partial charge in [0.25, 0.3) is 5.91 Å². The Hall–Kier alpha value is -3.13. The van der Waals surface area contributed by atoms with Crippen molar-refractivity contribution < 1.29 is 9.59 Å². The van der Waals surface area contributed by atoms with Gasteiger partial charge < -0.3 is 9.80 Å². The first kappa shape index (κ1) is 19.2. The number of carbonyl (C=O) groups is 2. The molecule has 1 aliphatic heterocycles. The minimum absolute atomic E-state index is 0.0213. The van der Waals surface area contributed by atoms with Crippen LogP contribution < -0.4 is 0 Å². The summed E-state index contributed by atoms with van der Waals surface area (Å²) in [4.78, 5) is 41.9. The number of hydrogen-bond donors (Lipinski definition) is 0. The van der Waals surface area contributed by atoms with E-state index in [1.807, 2.05) is 45.5 Å². The Morgan fingerprint density at radius 2 is 1.79 bits per heavy atom. The molecule has 0 saturated carbocycles. The molecule has 3 heterocycles. The smallest absolute Gasteiger partial charge is 0.253 e. The molecular formula is C21H21N5O2S. The van der Waals surface area contributed by atoms with Crippen molar-refractivity contribution in [3.8, 4) is 10.7 Å². The second-order valence-corrected chi connectivity index (χ2v) is 7.66. The number of nitrogens with zero attached hydrogens (tertiary/aromatic N) is 5. The van der Waals surface area contributed by atoms with Crippen LogP contribution in [0.5, 0.6) is 0 Å². The van der Waals surface area contributed by atoms with Crippen molar-refractivity contribution in [2.75, 3.05) is 26.2 Å². The number of hydrogen-bond acceptors (Lipinski definition) is 6. The van der Waals surface area contributed by atoms with Gasteiger partial charge in [-0.25, -0.2) is 4.98 Å². The number of rotatable bonds is 4. The maximum atomic E-state index is 12.8. The highest BCUT2D eigenvalue weighted by Gasteiger charge is 2.23. The van der Waals surface area contributed by atoms with Gasteiger partial charge >= 0.3 is 0 Å². The van der Waals surface area contributed by atoms with Crippen molar-refractivity contribution in [2.45, 2.75) is 12.8 Å². The molecule has 2 aromatic heterocycles. The summed E-state index contributed by atoms with van der Waals surface area (Å²) >= 11 is 1.46. The fourth-order valence-electron chi connectivity index (χ4n) is 3.32. The molecule has 1 aliphatic rings. The maximum Gasteiger partial charge on any atom is 0.253 e. The molecular weight excluding hydrogens is 386 g/mol. The van der Waals surface area contributed by atoms with E-state index in [0.717, 1.165) is 17.1 Å². The summed E-state index contributed by atoms with van der Waals surface area (Å²) in [6, 6.07) is 9.28. The van der Waals surface area contributed by atoms with E-state index in [4.69, 9.17) is 0 Å². The van der Waals surface area contributed by atoms with Crippen LogP contribution in [-0.4, -0.2) is 62.7 Å². The van der Waals surface area contributed by atoms with Crippen molar-refractivity contribution in [3.05, 3.63) is 65.6 Å². The molecule has 0 aliphatic carbocycles. The molecule has 3 aromatic rings. The van der Waals surface area contributed by atoms with E-state index in [0.29, 0.717) is 37.4 Å². The number of benzene rings is 1. The van der Waals surface area contributed by atoms with Gasteiger partial charge in [0.05, 0.1) is 18.3 Å². The Morgan fingerprint density at radius 1 is 1.00 bits per heavy atom. The molecule has 0 radical (unpaired) electrons. The zero-order valence-corrected chi connectivity index (χ0v) is 16.7. The van der Waals surface area contributed by atoms with Gasteiger partial charge in [0, 0.05) is 49.5 Å². The highest BCUT2D eigenvalue weighted by Crippen LogP contribution is 2.21. The quantitative estimate of drug-likeness (QED) is 0.664. The minimum Gasteiger partial charge on any atom is -0.341 e. The molecule has 0 N–H and O–H groups in total. The Morgan fingerprint density at radius 3 is 2.59 bits per heavy atom. The summed E-state index contributed by atoms with van der Waals surface area (Å²) < 4.78 is 0. The SMILES string of the molecule is O=C(Cc1csc(-c2cnccn2)n1)N1CCCN(C(=O)c2ccccc2)CC1. The lowest BCUT2D eigenvalue weighted by Crippen LogP contribution is -2.38. The van der Waals surface area contributed by atoms with E-state index in [9.17, 15) is 9.59 Å². The molecule has 0 unspecified atom stereocenters. The van der Waals surface area contributed by atoms with E-state index in [1.54, 1.807) is 18.6 Å². The summed E-state index contributed by atoms with van der Waals surface area (Å²) in [5.41, 5.74) is 2.13. The van der Waals surface area contributed by atoms with Gasteiger partial charge in [-0.15, -0.1) is 11.3 Å². The highest BCUT2D eigenvalue weighted by atomic mass is 32.1. The van der Waals surface area contributed by atoms with Crippen LogP contribution in [0.3, 0.4) is 0 Å². The third-order valence-electron chi connectivity index (χ3n) is 4.82. The third kappa shape index (κ3) is 4.65. The van der Waals surface area contributed by atoms with Gasteiger partial charge in [-0.05, 0) is 18.6 Å². The number of carbonyl (C=O) groups excluding carboxylic acids is 2. The van der Waals surface area contributed by atoms with Gasteiger partial charge in [-0.3, -0.25) is 19.6 Å². The predicted octanol–water partition coefficient (Wildman–Crippen LogP) is 2.52. The number of aromatic nitrogens is 3. The molecule has 1 aromatic carbocycles. The molecule has 0 atom stereocenters. The van der Waals surface area contributed by atoms with Gasteiger partial charge in [-0.1, -0.05) is 18.2 Å². The minimum atomic E-state index is 0.0213. The summed E-state index contributed by atoms with van der Waals surface area (Å²) in [5, 5.41) is 2.65. The molecule has 2 amide bonds. The third-order valence-corrected chi connectivity index (χ3v) is 5.74. The fourth-order valence-corrected chi connectivity index (χ4v) is 4.10. The first-order valence-electron chi connectivity index (χ1n) is 9.53. The summed E-state index contributed by atoms with van der Waals surface area (Å²) in [6.07, 6.45) is 5.93. The van der Waals surface area contributed by atoms with Crippen LogP contribution in [-0.2, 0) is 11.2 Å². The van der Waals surface area contributed by atoms with Crippen LogP contribution in [0.4, 0.5) is 0 Å². The fraction of sp³-hybridized carbons (Fsp3) is 0.286. The van der Waals surface area contributed by atoms with Crippen LogP contribution in [0.1, 0.15) is 22.5 Å². The molecule has 1 fully saturated rings. The summed E-state index contributed by atoms with van der Waals surface area (Å²) in [6.45, 7) is 2.39. The lowest BCUT2D eigenvalue weighted by atomic mass is 10.2. The van der Waals surface area contributed by atoms with Crippen molar-refractivity contribution in [3.63, 3.8) is 0 Å². The first-order chi connectivity index (χ1) is 14.2. The Labute approximate surface area is 173 Å². The topological polar surface area (TPSA) is 79.3 Å². The summed E-state index contributed by atoms with van der Waals surface area (Å²) in [7, 11) is 0. The van der Waals surface area contributed by atoms with Crippen LogP contribution in [0.15, 0.2) is 54.3 Å². The van der Waals surface area contributed by atoms with Crippen molar-refractivity contribution >= 4 is 23.2 Å². The molecule has 0 spiro atoms. The van der Waals surface area contributed by atoms with Crippen molar-refractivity contribution in [1.82, 2.24) is 24.8 Å². The molecule has 29 heavy (non-hydrogen) atoms. The molecule has 1 saturated heterocycles. The van der Waals surface area contributed by atoms with E-state index in [1.165, 1.54) is 11.3 Å². The monoisotopic (exact) mass is 407 g/mol. The molecule has 7 nitrogen and oxygen atoms in total. The van der Waals surface area contributed by atoms with Crippen molar-refractivity contribution in [1.29, 1.82) is 0 Å². The van der Waals surface area contributed by atoms with Gasteiger partial charge in [0.15, 0.2) is 0 Å². The Kier molecular flexibility index (Phi) is 5.90. The molecule has 8 heteroatoms. The number of thiazole rings is 1. The van der Waals surface area contributed by atoms with E-state index < -0.39 is 0 Å². The van der Waals surface area contributed by atoms with Crippen molar-refractivity contribution in [2.24, 2.45) is 0 Å². The highest BCUT2D eigenvalue weighted by molar-refractivity contribution is 7.13. The Bertz CT molecular complexity index is 977. The lowest BCUT2D eigenvalue weighted by Gasteiger charge is -2.22. The van der Waals surface area contributed by atoms with Crippen LogP contribution in [0.2, 0.25) is 0 Å².